The van der Waals surface area contributed by atoms with Crippen molar-refractivity contribution in [3.05, 3.63) is 207 Å². The maximum absolute atomic E-state index is 7.94. The normalized spacial score (nSPS) is 4.24. The largest absolute Gasteiger partial charge is 0.394 e. The predicted molar refractivity (Wildman–Crippen MR) is 250 cm³/mol. The fourth-order valence-corrected chi connectivity index (χ4v) is 0.0913. The number of aliphatic hydroxyl groups is 3. The lowest BCUT2D eigenvalue weighted by Crippen LogP contribution is -1.91. The van der Waals surface area contributed by atoms with E-state index in [0.29, 0.717) is 6.61 Å². The lowest BCUT2D eigenvalue weighted by molar-refractivity contribution is 0.135. The third-order valence-corrected chi connectivity index (χ3v) is 0.395. The summed E-state index contributed by atoms with van der Waals surface area (Å²) in [7, 11) is 1.55. The quantitative estimate of drug-likeness (QED) is 0.257. The second kappa shape index (κ2) is 1060. The zero-order chi connectivity index (χ0) is 45.2. The molecule has 0 fully saturated rings. The maximum atomic E-state index is 7.94. The minimum atomic E-state index is -0.125. The highest BCUT2D eigenvalue weighted by molar-refractivity contribution is 4.53. The molecule has 0 atom stereocenters. The van der Waals surface area contributed by atoms with Gasteiger partial charge in [0.15, 0.2) is 0 Å². The van der Waals surface area contributed by atoms with Gasteiger partial charge < -0.3 is 20.1 Å². The zero-order valence-corrected chi connectivity index (χ0v) is 35.2. The fraction of sp³-hybridized carbons (Fsp3) is 0.289. The molecule has 4 nitrogen and oxygen atoms in total. The Balaban J connectivity index is -0.0000000131. The summed E-state index contributed by atoms with van der Waals surface area (Å²) in [5.41, 5.74) is 0. The molecule has 0 spiro atoms. The molecule has 0 aliphatic heterocycles. The molecule has 0 bridgehead atoms. The standard InChI is InChI=1S/C3H8O2.8C3H6.C2H6O2.8C2H4/c1-5-3-2-4;8*1-3-2;3-1-2-4;8*1-2/h4H,2-3H2,1H3;8*3H,1H2,2H3;3-4H,1-2H2;8*1-2H2. The molecule has 0 aromatic carbocycles. The first-order valence-electron chi connectivity index (χ1n) is 14.5. The molecule has 0 saturated heterocycles. The first-order valence-corrected chi connectivity index (χ1v) is 14.5. The zero-order valence-electron chi connectivity index (χ0n) is 35.2. The van der Waals surface area contributed by atoms with E-state index in [-0.39, 0.29) is 19.8 Å². The van der Waals surface area contributed by atoms with E-state index < -0.39 is 0 Å². The third-order valence-electron chi connectivity index (χ3n) is 0.395. The van der Waals surface area contributed by atoms with Gasteiger partial charge >= 0.3 is 0 Å². The van der Waals surface area contributed by atoms with Crippen molar-refractivity contribution in [2.24, 2.45) is 0 Å². The Bertz CT molecular complexity index is 289. The minimum Gasteiger partial charge on any atom is -0.394 e. The van der Waals surface area contributed by atoms with Crippen LogP contribution in [0.25, 0.3) is 0 Å². The van der Waals surface area contributed by atoms with Gasteiger partial charge in [-0.05, 0) is 55.4 Å². The van der Waals surface area contributed by atoms with Gasteiger partial charge in [0, 0.05) is 7.11 Å². The van der Waals surface area contributed by atoms with Gasteiger partial charge in [0.25, 0.3) is 0 Å². The Hall–Kier alpha value is -4.32. The number of hydrogen-bond donors (Lipinski definition) is 3. The van der Waals surface area contributed by atoms with E-state index >= 15 is 0 Å². The fourth-order valence-electron chi connectivity index (χ4n) is 0.0913. The highest BCUT2D eigenvalue weighted by atomic mass is 16.5. The average molecular weight is 699 g/mol. The van der Waals surface area contributed by atoms with Crippen molar-refractivity contribution in [1.82, 2.24) is 0 Å². The summed E-state index contributed by atoms with van der Waals surface area (Å²) >= 11 is 0. The molecule has 0 radical (unpaired) electrons. The molecule has 0 saturated carbocycles. The molecular weight excluding hydrogens is 604 g/mol. The summed E-state index contributed by atoms with van der Waals surface area (Å²) in [6.45, 7) is 90.3. The Labute approximate surface area is 314 Å². The average Bonchev–Trinajstić information content (AvgIpc) is 3.15. The van der Waals surface area contributed by atoms with Crippen LogP contribution >= 0.6 is 0 Å². The molecule has 0 heterocycles. The SMILES string of the molecule is C=C.C=C.C=C.C=C.C=C.C=C.C=C.C=C.C=CC.C=CC.C=CC.C=CC.C=CC.C=CC.C=CC.C=CC.COCCO.OCCO. The van der Waals surface area contributed by atoms with Crippen LogP contribution < -0.4 is 0 Å². The van der Waals surface area contributed by atoms with Crippen LogP contribution in [0.1, 0.15) is 55.4 Å². The van der Waals surface area contributed by atoms with Crippen molar-refractivity contribution >= 4 is 0 Å². The summed E-state index contributed by atoms with van der Waals surface area (Å²) in [5, 5.41) is 23.2. The van der Waals surface area contributed by atoms with Gasteiger partial charge in [-0.15, -0.1) is 158 Å². The van der Waals surface area contributed by atoms with Gasteiger partial charge in [-0.25, -0.2) is 0 Å². The number of methoxy groups -OCH3 is 1. The van der Waals surface area contributed by atoms with E-state index in [1.54, 1.807) is 55.7 Å². The summed E-state index contributed by atoms with van der Waals surface area (Å²) in [6.07, 6.45) is 14.0. The Morgan fingerprint density at radius 1 is 0.306 bits per heavy atom. The Morgan fingerprint density at radius 2 is 0.388 bits per heavy atom. The van der Waals surface area contributed by atoms with E-state index in [1.165, 1.54) is 0 Å². The Morgan fingerprint density at radius 3 is 0.388 bits per heavy atom. The maximum Gasteiger partial charge on any atom is 0.0693 e. The van der Waals surface area contributed by atoms with E-state index in [4.69, 9.17) is 15.3 Å². The molecule has 0 aliphatic carbocycles. The van der Waals surface area contributed by atoms with Gasteiger partial charge in [0.05, 0.1) is 26.4 Å². The molecule has 3 N–H and O–H groups in total. The lowest BCUT2D eigenvalue weighted by Gasteiger charge is -1.84. The molecule has 0 unspecified atom stereocenters. The minimum absolute atomic E-state index is 0.122. The first-order chi connectivity index (χ1) is 23.6. The van der Waals surface area contributed by atoms with Crippen molar-refractivity contribution < 1.29 is 20.1 Å². The van der Waals surface area contributed by atoms with Crippen molar-refractivity contribution in [3.63, 3.8) is 0 Å². The molecule has 0 aromatic rings. The Kier molecular flexibility index (Phi) is 2580. The van der Waals surface area contributed by atoms with Crippen molar-refractivity contribution in [3.8, 4) is 0 Å². The second-order valence-corrected chi connectivity index (χ2v) is 4.43. The molecule has 49 heavy (non-hydrogen) atoms. The number of ether oxygens (including phenoxy) is 1. The molecule has 0 aromatic heterocycles. The number of rotatable bonds is 3. The lowest BCUT2D eigenvalue weighted by atomic mass is 10.8. The summed E-state index contributed by atoms with van der Waals surface area (Å²) < 4.78 is 4.44. The molecule has 4 heteroatoms. The monoisotopic (exact) mass is 699 g/mol. The van der Waals surface area contributed by atoms with Crippen LogP contribution in [0.15, 0.2) is 207 Å². The predicted octanol–water partition coefficient (Wildman–Crippen LogP) is 14.6. The summed E-state index contributed by atoms with van der Waals surface area (Å²) in [6, 6.07) is 0. The summed E-state index contributed by atoms with van der Waals surface area (Å²) in [5.74, 6) is 0. The van der Waals surface area contributed by atoms with Gasteiger partial charge in [-0.2, -0.15) is 0 Å². The highest BCUT2D eigenvalue weighted by Gasteiger charge is 1.67. The number of hydrogen-bond acceptors (Lipinski definition) is 4. The van der Waals surface area contributed by atoms with Crippen LogP contribution in [-0.4, -0.2) is 48.9 Å². The second-order valence-electron chi connectivity index (χ2n) is 4.43. The van der Waals surface area contributed by atoms with Crippen LogP contribution in [0.2, 0.25) is 0 Å². The van der Waals surface area contributed by atoms with E-state index in [1.807, 2.05) is 55.4 Å². The smallest absolute Gasteiger partial charge is 0.0693 e. The molecule has 298 valence electrons. The van der Waals surface area contributed by atoms with Gasteiger partial charge in [0.2, 0.25) is 0 Å². The van der Waals surface area contributed by atoms with Crippen molar-refractivity contribution in [2.75, 3.05) is 33.5 Å². The van der Waals surface area contributed by atoms with Crippen LogP contribution in [0.4, 0.5) is 0 Å². The highest BCUT2D eigenvalue weighted by Crippen LogP contribution is 1.56. The molecule has 0 aliphatic rings. The van der Waals surface area contributed by atoms with Crippen LogP contribution in [0.3, 0.4) is 0 Å². The van der Waals surface area contributed by atoms with Crippen molar-refractivity contribution in [2.45, 2.75) is 55.4 Å². The number of allylic oxidation sites excluding steroid dienone is 8. The molecule has 0 amide bonds. The third kappa shape index (κ3) is 43600. The van der Waals surface area contributed by atoms with Gasteiger partial charge in [0.1, 0.15) is 0 Å². The summed E-state index contributed by atoms with van der Waals surface area (Å²) in [4.78, 5) is 0. The molecular formula is C45H94O4. The van der Waals surface area contributed by atoms with E-state index in [0.717, 1.165) is 0 Å². The van der Waals surface area contributed by atoms with Crippen LogP contribution in [0.5, 0.6) is 0 Å². The van der Waals surface area contributed by atoms with Crippen molar-refractivity contribution in [1.29, 1.82) is 0 Å². The number of aliphatic hydroxyl groups excluding tert-OH is 3. The topological polar surface area (TPSA) is 69.9 Å². The van der Waals surface area contributed by atoms with E-state index in [9.17, 15) is 0 Å². The molecule has 0 rings (SSSR count). The van der Waals surface area contributed by atoms with Gasteiger partial charge in [-0.3, -0.25) is 0 Å². The van der Waals surface area contributed by atoms with E-state index in [2.05, 4.69) is 163 Å². The van der Waals surface area contributed by atoms with Crippen LogP contribution in [0, 0.1) is 0 Å². The first kappa shape index (κ1) is 120. The van der Waals surface area contributed by atoms with Gasteiger partial charge in [-0.1, -0.05) is 48.6 Å². The van der Waals surface area contributed by atoms with Crippen LogP contribution in [-0.2, 0) is 4.74 Å².